The molecule has 0 radical (unpaired) electrons. The number of ether oxygens (including phenoxy) is 1. The minimum Gasteiger partial charge on any atom is -0.434 e. The van der Waals surface area contributed by atoms with Crippen LogP contribution < -0.4 is 15.8 Å². The Balaban J connectivity index is 2.79. The van der Waals surface area contributed by atoms with Crippen molar-refractivity contribution in [2.24, 2.45) is 5.73 Å². The quantitative estimate of drug-likeness (QED) is 0.871. The number of rotatable bonds is 5. The van der Waals surface area contributed by atoms with Gasteiger partial charge in [0.2, 0.25) is 5.91 Å². The zero-order valence-corrected chi connectivity index (χ0v) is 11.2. The highest BCUT2D eigenvalue weighted by Gasteiger charge is 2.12. The molecular weight excluding hydrogens is 310 g/mol. The predicted molar refractivity (Wildman–Crippen MR) is 66.3 cm³/mol. The second-order valence-electron chi connectivity index (χ2n) is 3.64. The minimum atomic E-state index is -2.91. The van der Waals surface area contributed by atoms with Crippen molar-refractivity contribution in [3.05, 3.63) is 28.2 Å². The van der Waals surface area contributed by atoms with Gasteiger partial charge in [-0.15, -0.1) is 0 Å². The fourth-order valence-electron chi connectivity index (χ4n) is 1.24. The Morgan fingerprint density at radius 1 is 1.56 bits per heavy atom. The summed E-state index contributed by atoms with van der Waals surface area (Å²) in [5.41, 5.74) is 5.82. The number of halogens is 3. The van der Waals surface area contributed by atoms with Gasteiger partial charge in [0.15, 0.2) is 0 Å². The van der Waals surface area contributed by atoms with Crippen molar-refractivity contribution in [3.63, 3.8) is 0 Å². The van der Waals surface area contributed by atoms with Gasteiger partial charge in [0.25, 0.3) is 0 Å². The van der Waals surface area contributed by atoms with Gasteiger partial charge in [0, 0.05) is 16.6 Å². The lowest BCUT2D eigenvalue weighted by Crippen LogP contribution is -2.37. The summed E-state index contributed by atoms with van der Waals surface area (Å²) in [4.78, 5) is 11.3. The highest BCUT2D eigenvalue weighted by molar-refractivity contribution is 9.10. The first-order valence-corrected chi connectivity index (χ1v) is 5.96. The molecule has 0 bridgehead atoms. The van der Waals surface area contributed by atoms with E-state index in [9.17, 15) is 13.6 Å². The molecule has 1 atom stereocenters. The van der Waals surface area contributed by atoms with E-state index < -0.39 is 12.7 Å². The summed E-state index contributed by atoms with van der Waals surface area (Å²) in [6.45, 7) is -1.30. The minimum absolute atomic E-state index is 0.0261. The fourth-order valence-corrected chi connectivity index (χ4v) is 1.65. The molecule has 100 valence electrons. The van der Waals surface area contributed by atoms with E-state index in [0.717, 1.165) is 0 Å². The standard InChI is InChI=1S/C11H13BrF2N2O2/c1-6(15)10(17)16-5-7-4-8(12)2-3-9(7)18-11(13)14/h2-4,6,11H,5,15H2,1H3,(H,16,17)/t6-/m0/s1. The van der Waals surface area contributed by atoms with Crippen LogP contribution in [0.25, 0.3) is 0 Å². The third kappa shape index (κ3) is 4.58. The molecule has 1 amide bonds. The molecule has 0 aliphatic carbocycles. The first-order valence-electron chi connectivity index (χ1n) is 5.16. The van der Waals surface area contributed by atoms with Crippen molar-refractivity contribution in [2.75, 3.05) is 0 Å². The van der Waals surface area contributed by atoms with Gasteiger partial charge in [0.05, 0.1) is 6.04 Å². The summed E-state index contributed by atoms with van der Waals surface area (Å²) < 4.78 is 29.4. The Bertz CT molecular complexity index is 428. The van der Waals surface area contributed by atoms with Gasteiger partial charge in [0.1, 0.15) is 5.75 Å². The number of benzene rings is 1. The molecule has 0 aliphatic rings. The maximum absolute atomic E-state index is 12.2. The van der Waals surface area contributed by atoms with E-state index in [1.807, 2.05) is 0 Å². The number of carbonyl (C=O) groups excluding carboxylic acids is 1. The lowest BCUT2D eigenvalue weighted by atomic mass is 10.2. The Morgan fingerprint density at radius 3 is 2.78 bits per heavy atom. The highest BCUT2D eigenvalue weighted by atomic mass is 79.9. The van der Waals surface area contributed by atoms with E-state index in [0.29, 0.717) is 10.0 Å². The Labute approximate surface area is 112 Å². The van der Waals surface area contributed by atoms with E-state index in [-0.39, 0.29) is 18.2 Å². The molecule has 1 aromatic rings. The highest BCUT2D eigenvalue weighted by Crippen LogP contribution is 2.24. The molecule has 1 aromatic carbocycles. The van der Waals surface area contributed by atoms with Gasteiger partial charge in [-0.1, -0.05) is 15.9 Å². The van der Waals surface area contributed by atoms with Gasteiger partial charge in [-0.3, -0.25) is 4.79 Å². The Morgan fingerprint density at radius 2 is 2.22 bits per heavy atom. The number of nitrogens with two attached hydrogens (primary N) is 1. The molecule has 0 unspecified atom stereocenters. The van der Waals surface area contributed by atoms with Crippen molar-refractivity contribution < 1.29 is 18.3 Å². The Hall–Kier alpha value is -1.21. The second-order valence-corrected chi connectivity index (χ2v) is 4.55. The van der Waals surface area contributed by atoms with Gasteiger partial charge in [-0.05, 0) is 25.1 Å². The lowest BCUT2D eigenvalue weighted by Gasteiger charge is -2.13. The van der Waals surface area contributed by atoms with Crippen LogP contribution >= 0.6 is 15.9 Å². The summed E-state index contributed by atoms with van der Waals surface area (Å²) in [7, 11) is 0. The average molecular weight is 323 g/mol. The molecule has 0 aromatic heterocycles. The summed E-state index contributed by atoms with van der Waals surface area (Å²) in [6.07, 6.45) is 0. The van der Waals surface area contributed by atoms with Crippen LogP contribution in [0.2, 0.25) is 0 Å². The number of alkyl halides is 2. The molecule has 0 fully saturated rings. The number of carbonyl (C=O) groups is 1. The van der Waals surface area contributed by atoms with Crippen LogP contribution in [0.4, 0.5) is 8.78 Å². The van der Waals surface area contributed by atoms with E-state index in [4.69, 9.17) is 5.73 Å². The van der Waals surface area contributed by atoms with Crippen molar-refractivity contribution in [1.82, 2.24) is 5.32 Å². The third-order valence-electron chi connectivity index (χ3n) is 2.11. The number of amides is 1. The molecule has 1 rings (SSSR count). The van der Waals surface area contributed by atoms with Crippen molar-refractivity contribution in [2.45, 2.75) is 26.1 Å². The molecule has 0 heterocycles. The van der Waals surface area contributed by atoms with Crippen LogP contribution in [0, 0.1) is 0 Å². The normalized spacial score (nSPS) is 12.3. The fraction of sp³-hybridized carbons (Fsp3) is 0.364. The molecule has 0 aliphatic heterocycles. The zero-order chi connectivity index (χ0) is 13.7. The smallest absolute Gasteiger partial charge is 0.387 e. The van der Waals surface area contributed by atoms with Crippen LogP contribution in [0.15, 0.2) is 22.7 Å². The average Bonchev–Trinajstić information content (AvgIpc) is 2.28. The molecule has 4 nitrogen and oxygen atoms in total. The van der Waals surface area contributed by atoms with Gasteiger partial charge < -0.3 is 15.8 Å². The molecular formula is C11H13BrF2N2O2. The first kappa shape index (κ1) is 14.8. The van der Waals surface area contributed by atoms with E-state index in [1.54, 1.807) is 12.1 Å². The van der Waals surface area contributed by atoms with Crippen molar-refractivity contribution in [1.29, 1.82) is 0 Å². The third-order valence-corrected chi connectivity index (χ3v) is 2.60. The largest absolute Gasteiger partial charge is 0.434 e. The number of hydrogen-bond donors (Lipinski definition) is 2. The first-order chi connectivity index (χ1) is 8.40. The van der Waals surface area contributed by atoms with Crippen LogP contribution in [0.5, 0.6) is 5.75 Å². The van der Waals surface area contributed by atoms with Crippen LogP contribution in [-0.4, -0.2) is 18.6 Å². The van der Waals surface area contributed by atoms with Crippen molar-refractivity contribution in [3.8, 4) is 5.75 Å². The number of nitrogens with one attached hydrogen (secondary N) is 1. The van der Waals surface area contributed by atoms with Gasteiger partial charge in [-0.2, -0.15) is 8.78 Å². The van der Waals surface area contributed by atoms with Crippen molar-refractivity contribution >= 4 is 21.8 Å². The van der Waals surface area contributed by atoms with Gasteiger partial charge in [-0.25, -0.2) is 0 Å². The van der Waals surface area contributed by atoms with Crippen LogP contribution in [0.3, 0.4) is 0 Å². The topological polar surface area (TPSA) is 64.4 Å². The van der Waals surface area contributed by atoms with Crippen LogP contribution in [0.1, 0.15) is 12.5 Å². The molecule has 0 saturated carbocycles. The molecule has 18 heavy (non-hydrogen) atoms. The van der Waals surface area contributed by atoms with E-state index in [2.05, 4.69) is 26.0 Å². The molecule has 7 heteroatoms. The maximum Gasteiger partial charge on any atom is 0.387 e. The molecule has 0 spiro atoms. The van der Waals surface area contributed by atoms with Crippen LogP contribution in [-0.2, 0) is 11.3 Å². The number of hydrogen-bond acceptors (Lipinski definition) is 3. The maximum atomic E-state index is 12.2. The summed E-state index contributed by atoms with van der Waals surface area (Å²) in [5, 5.41) is 2.53. The van der Waals surface area contributed by atoms with E-state index in [1.165, 1.54) is 13.0 Å². The van der Waals surface area contributed by atoms with E-state index >= 15 is 0 Å². The predicted octanol–water partition coefficient (Wildman–Crippen LogP) is 2.01. The Kier molecular flexibility index (Phi) is 5.49. The van der Waals surface area contributed by atoms with Gasteiger partial charge >= 0.3 is 6.61 Å². The molecule has 0 saturated heterocycles. The molecule has 3 N–H and O–H groups in total. The summed E-state index contributed by atoms with van der Waals surface area (Å²) in [6, 6.07) is 3.92. The lowest BCUT2D eigenvalue weighted by molar-refractivity contribution is -0.122. The SMILES string of the molecule is C[C@H](N)C(=O)NCc1cc(Br)ccc1OC(F)F. The summed E-state index contributed by atoms with van der Waals surface area (Å²) >= 11 is 3.22. The monoisotopic (exact) mass is 322 g/mol. The second kappa shape index (κ2) is 6.65. The zero-order valence-electron chi connectivity index (χ0n) is 9.62. The summed E-state index contributed by atoms with van der Waals surface area (Å²) in [5.74, 6) is -0.337.